The quantitative estimate of drug-likeness (QED) is 0.845. The van der Waals surface area contributed by atoms with Gasteiger partial charge in [-0.1, -0.05) is 18.9 Å². The lowest BCUT2D eigenvalue weighted by Crippen LogP contribution is -2.56. The van der Waals surface area contributed by atoms with E-state index in [9.17, 15) is 4.79 Å². The van der Waals surface area contributed by atoms with Crippen molar-refractivity contribution in [1.82, 2.24) is 25.1 Å². The number of nitrogens with one attached hydrogen (secondary N) is 1. The molecular weight excluding hydrogens is 374 g/mol. The molecule has 0 saturated carbocycles. The number of piperidine rings is 1. The number of amides is 1. The lowest BCUT2D eigenvalue weighted by atomic mass is 9.88. The van der Waals surface area contributed by atoms with E-state index in [1.807, 2.05) is 30.7 Å². The molecule has 2 saturated heterocycles. The highest BCUT2D eigenvalue weighted by Crippen LogP contribution is 2.26. The topological polar surface area (TPSA) is 61.4 Å². The number of hydrogen-bond acceptors (Lipinski definition) is 5. The minimum atomic E-state index is 0.0462. The third kappa shape index (κ3) is 5.64. The Hall–Kier alpha value is -2.31. The van der Waals surface area contributed by atoms with Gasteiger partial charge in [-0.3, -0.25) is 24.6 Å². The van der Waals surface area contributed by atoms with E-state index in [0.29, 0.717) is 0 Å². The first-order valence-corrected chi connectivity index (χ1v) is 11.3. The molecule has 2 aromatic rings. The van der Waals surface area contributed by atoms with E-state index in [1.165, 1.54) is 24.8 Å². The van der Waals surface area contributed by atoms with Crippen molar-refractivity contribution in [2.75, 3.05) is 26.2 Å². The van der Waals surface area contributed by atoms with E-state index in [4.69, 9.17) is 0 Å². The zero-order valence-corrected chi connectivity index (χ0v) is 17.7. The molecule has 160 valence electrons. The van der Waals surface area contributed by atoms with Gasteiger partial charge in [-0.05, 0) is 62.2 Å². The Morgan fingerprint density at radius 1 is 0.967 bits per heavy atom. The lowest BCUT2D eigenvalue weighted by molar-refractivity contribution is -0.129. The second-order valence-corrected chi connectivity index (χ2v) is 8.55. The lowest BCUT2D eigenvalue weighted by Gasteiger charge is -2.43. The van der Waals surface area contributed by atoms with Crippen LogP contribution < -0.4 is 5.32 Å². The third-order valence-corrected chi connectivity index (χ3v) is 6.39. The van der Waals surface area contributed by atoms with Crippen molar-refractivity contribution in [3.05, 3.63) is 60.2 Å². The number of hydrogen-bond donors (Lipinski definition) is 1. The Morgan fingerprint density at radius 2 is 1.83 bits per heavy atom. The first-order valence-electron chi connectivity index (χ1n) is 11.3. The second kappa shape index (κ2) is 10.6. The fraction of sp³-hybridized carbons (Fsp3) is 0.542. The summed E-state index contributed by atoms with van der Waals surface area (Å²) in [5.74, 6) is 0.282. The standard InChI is InChI=1S/C24H33N5O/c30-24-22-10-16-28(18-21-7-3-5-11-26-21)19-23(22)29(15-6-2-1-4-12-27-24)17-20-8-13-25-14-9-20/h3,5,7-9,11,13-14,22-23H,1-2,4,6,10,12,15-19H2,(H,27,30)/t22-,23-/m1/s1. The van der Waals surface area contributed by atoms with Crippen LogP contribution in [0, 0.1) is 5.92 Å². The average Bonchev–Trinajstić information content (AvgIpc) is 2.81. The highest BCUT2D eigenvalue weighted by atomic mass is 16.1. The van der Waals surface area contributed by atoms with E-state index in [1.54, 1.807) is 0 Å². The van der Waals surface area contributed by atoms with Crippen molar-refractivity contribution in [2.45, 2.75) is 51.2 Å². The maximum absolute atomic E-state index is 13.1. The van der Waals surface area contributed by atoms with Crippen LogP contribution in [0.25, 0.3) is 0 Å². The van der Waals surface area contributed by atoms with Crippen molar-refractivity contribution >= 4 is 5.91 Å². The van der Waals surface area contributed by atoms with Gasteiger partial charge in [0.2, 0.25) is 5.91 Å². The largest absolute Gasteiger partial charge is 0.356 e. The van der Waals surface area contributed by atoms with E-state index < -0.39 is 0 Å². The van der Waals surface area contributed by atoms with Crippen LogP contribution >= 0.6 is 0 Å². The summed E-state index contributed by atoms with van der Waals surface area (Å²) in [4.78, 5) is 26.8. The van der Waals surface area contributed by atoms with Gasteiger partial charge in [-0.2, -0.15) is 0 Å². The minimum absolute atomic E-state index is 0.0462. The summed E-state index contributed by atoms with van der Waals surface area (Å²) in [5, 5.41) is 3.22. The van der Waals surface area contributed by atoms with Gasteiger partial charge in [-0.25, -0.2) is 0 Å². The summed E-state index contributed by atoms with van der Waals surface area (Å²) in [6.45, 7) is 5.40. The fourth-order valence-electron chi connectivity index (χ4n) is 4.76. The Balaban J connectivity index is 1.54. The number of fused-ring (bicyclic) bond motifs is 1. The molecule has 6 heteroatoms. The molecule has 2 aromatic heterocycles. The molecule has 2 aliphatic rings. The molecule has 0 aliphatic carbocycles. The number of likely N-dealkylation sites (tertiary alicyclic amines) is 1. The molecule has 30 heavy (non-hydrogen) atoms. The summed E-state index contributed by atoms with van der Waals surface area (Å²) >= 11 is 0. The van der Waals surface area contributed by atoms with Gasteiger partial charge in [0.1, 0.15) is 0 Å². The summed E-state index contributed by atoms with van der Waals surface area (Å²) in [7, 11) is 0. The van der Waals surface area contributed by atoms with Crippen molar-refractivity contribution in [1.29, 1.82) is 0 Å². The number of pyridine rings is 2. The van der Waals surface area contributed by atoms with Crippen molar-refractivity contribution in [2.24, 2.45) is 5.92 Å². The van der Waals surface area contributed by atoms with Crippen LogP contribution in [0.2, 0.25) is 0 Å². The molecule has 1 N–H and O–H groups in total. The average molecular weight is 408 g/mol. The zero-order valence-electron chi connectivity index (χ0n) is 17.7. The first-order chi connectivity index (χ1) is 14.8. The molecule has 2 fully saturated rings. The van der Waals surface area contributed by atoms with Gasteiger partial charge in [0.25, 0.3) is 0 Å². The van der Waals surface area contributed by atoms with E-state index in [2.05, 4.69) is 43.3 Å². The number of rotatable bonds is 4. The molecule has 1 amide bonds. The maximum Gasteiger partial charge on any atom is 0.224 e. The van der Waals surface area contributed by atoms with Gasteiger partial charge in [0.15, 0.2) is 0 Å². The SMILES string of the molecule is O=C1NCCCCCCN(Cc2ccncc2)[C@@H]2CN(Cc3ccccn3)CC[C@@H]12. The van der Waals surface area contributed by atoms with Gasteiger partial charge in [0.05, 0.1) is 11.6 Å². The van der Waals surface area contributed by atoms with E-state index in [0.717, 1.165) is 57.8 Å². The fourth-order valence-corrected chi connectivity index (χ4v) is 4.76. The van der Waals surface area contributed by atoms with Gasteiger partial charge in [-0.15, -0.1) is 0 Å². The van der Waals surface area contributed by atoms with Crippen molar-refractivity contribution < 1.29 is 4.79 Å². The van der Waals surface area contributed by atoms with Crippen LogP contribution in [0.3, 0.4) is 0 Å². The Bertz CT molecular complexity index is 785. The van der Waals surface area contributed by atoms with Crippen molar-refractivity contribution in [3.63, 3.8) is 0 Å². The molecule has 4 rings (SSSR count). The summed E-state index contributed by atoms with van der Waals surface area (Å²) in [6, 6.07) is 10.5. The Morgan fingerprint density at radius 3 is 2.67 bits per heavy atom. The monoisotopic (exact) mass is 407 g/mol. The molecule has 6 nitrogen and oxygen atoms in total. The maximum atomic E-state index is 13.1. The number of carbonyl (C=O) groups is 1. The Kier molecular flexibility index (Phi) is 7.43. The van der Waals surface area contributed by atoms with Gasteiger partial charge < -0.3 is 5.32 Å². The molecule has 4 heterocycles. The zero-order chi connectivity index (χ0) is 20.6. The van der Waals surface area contributed by atoms with Crippen LogP contribution in [0.15, 0.2) is 48.9 Å². The second-order valence-electron chi connectivity index (χ2n) is 8.55. The highest BCUT2D eigenvalue weighted by molar-refractivity contribution is 5.79. The van der Waals surface area contributed by atoms with Crippen LogP contribution in [0.5, 0.6) is 0 Å². The van der Waals surface area contributed by atoms with Gasteiger partial charge >= 0.3 is 0 Å². The molecule has 2 aliphatic heterocycles. The third-order valence-electron chi connectivity index (χ3n) is 6.39. The smallest absolute Gasteiger partial charge is 0.224 e. The van der Waals surface area contributed by atoms with Crippen LogP contribution in [0.1, 0.15) is 43.4 Å². The molecule has 0 bridgehead atoms. The number of carbonyl (C=O) groups excluding carboxylic acids is 1. The first kappa shape index (κ1) is 20.9. The van der Waals surface area contributed by atoms with Gasteiger partial charge in [0, 0.05) is 50.8 Å². The van der Waals surface area contributed by atoms with Crippen LogP contribution in [0.4, 0.5) is 0 Å². The normalized spacial score (nSPS) is 24.5. The molecule has 0 aromatic carbocycles. The predicted molar refractivity (Wildman–Crippen MR) is 118 cm³/mol. The molecule has 0 unspecified atom stereocenters. The predicted octanol–water partition coefficient (Wildman–Crippen LogP) is 2.86. The number of aromatic nitrogens is 2. The summed E-state index contributed by atoms with van der Waals surface area (Å²) in [6.07, 6.45) is 11.2. The van der Waals surface area contributed by atoms with E-state index >= 15 is 0 Å². The van der Waals surface area contributed by atoms with Crippen LogP contribution in [-0.2, 0) is 17.9 Å². The molecule has 0 radical (unpaired) electrons. The summed E-state index contributed by atoms with van der Waals surface area (Å²) in [5.41, 5.74) is 2.36. The summed E-state index contributed by atoms with van der Waals surface area (Å²) < 4.78 is 0. The van der Waals surface area contributed by atoms with Crippen molar-refractivity contribution in [3.8, 4) is 0 Å². The van der Waals surface area contributed by atoms with E-state index in [-0.39, 0.29) is 17.9 Å². The Labute approximate surface area is 179 Å². The number of nitrogens with zero attached hydrogens (tertiary/aromatic N) is 4. The van der Waals surface area contributed by atoms with Crippen LogP contribution in [-0.4, -0.2) is 57.9 Å². The highest BCUT2D eigenvalue weighted by Gasteiger charge is 2.37. The molecule has 0 spiro atoms. The minimum Gasteiger partial charge on any atom is -0.356 e. The molecule has 2 atom stereocenters. The molecular formula is C24H33N5O.